The highest BCUT2D eigenvalue weighted by atomic mass is 16.5. The van der Waals surface area contributed by atoms with Crippen molar-refractivity contribution in [1.29, 1.82) is 0 Å². The van der Waals surface area contributed by atoms with Crippen molar-refractivity contribution in [1.82, 2.24) is 0 Å². The van der Waals surface area contributed by atoms with E-state index < -0.39 is 5.91 Å². The number of amides is 1. The summed E-state index contributed by atoms with van der Waals surface area (Å²) < 4.78 is 16.4. The lowest BCUT2D eigenvalue weighted by atomic mass is 10.1. The zero-order chi connectivity index (χ0) is 13.0. The summed E-state index contributed by atoms with van der Waals surface area (Å²) in [5.74, 6) is 1.40. The van der Waals surface area contributed by atoms with Crippen LogP contribution in [-0.4, -0.2) is 26.2 Å². The van der Waals surface area contributed by atoms with Crippen LogP contribution in [0.4, 0.5) is 0 Å². The van der Waals surface area contributed by atoms with Crippen LogP contribution in [0.25, 0.3) is 6.08 Å². The Morgan fingerprint density at radius 2 is 2.00 bits per heavy atom. The number of hydrogen-bond donors (Lipinski definition) is 1. The Hall–Kier alpha value is -2.17. The highest BCUT2D eigenvalue weighted by Crippen LogP contribution is 2.36. The third kappa shape index (κ3) is 2.74. The van der Waals surface area contributed by atoms with Crippen LogP contribution < -0.4 is 19.9 Å². The number of nitrogens with two attached hydrogens (primary N) is 1. The van der Waals surface area contributed by atoms with Gasteiger partial charge in [-0.2, -0.15) is 0 Å². The number of rotatable bonds is 3. The van der Waals surface area contributed by atoms with Gasteiger partial charge in [0, 0.05) is 24.1 Å². The average Bonchev–Trinajstić information content (AvgIpc) is 2.59. The molecular weight excluding hydrogens is 234 g/mol. The molecule has 1 aliphatic heterocycles. The topological polar surface area (TPSA) is 70.8 Å². The van der Waals surface area contributed by atoms with Gasteiger partial charge in [0.15, 0.2) is 11.5 Å². The van der Waals surface area contributed by atoms with Crippen molar-refractivity contribution in [3.05, 3.63) is 23.8 Å². The molecule has 0 atom stereocenters. The van der Waals surface area contributed by atoms with E-state index in [1.807, 2.05) is 0 Å². The molecule has 0 spiro atoms. The van der Waals surface area contributed by atoms with Gasteiger partial charge in [0.05, 0.1) is 20.3 Å². The minimum Gasteiger partial charge on any atom is -0.496 e. The average molecular weight is 249 g/mol. The molecule has 5 nitrogen and oxygen atoms in total. The van der Waals surface area contributed by atoms with Crippen LogP contribution in [0.2, 0.25) is 0 Å². The molecule has 1 heterocycles. The molecular formula is C13H15NO4. The maximum Gasteiger partial charge on any atom is 0.241 e. The van der Waals surface area contributed by atoms with Crippen molar-refractivity contribution in [2.75, 3.05) is 20.3 Å². The summed E-state index contributed by atoms with van der Waals surface area (Å²) in [6.45, 7) is 1.23. The first-order chi connectivity index (χ1) is 8.70. The third-order valence-electron chi connectivity index (χ3n) is 2.53. The van der Waals surface area contributed by atoms with E-state index in [9.17, 15) is 4.79 Å². The zero-order valence-corrected chi connectivity index (χ0v) is 10.1. The maximum absolute atomic E-state index is 10.8. The minimum atomic E-state index is -0.510. The molecule has 1 amide bonds. The Morgan fingerprint density at radius 1 is 1.33 bits per heavy atom. The lowest BCUT2D eigenvalue weighted by Crippen LogP contribution is -2.05. The predicted octanol–water partition coefficient (Wildman–Crippen LogP) is 1.35. The standard InChI is InChI=1S/C13H15NO4/c1-16-10-8-12-11(17-5-2-6-18-12)7-9(10)3-4-13(14)15/h3-4,7-8H,2,5-6H2,1H3,(H2,14,15)/b4-3+. The summed E-state index contributed by atoms with van der Waals surface area (Å²) >= 11 is 0. The number of fused-ring (bicyclic) bond motifs is 1. The summed E-state index contributed by atoms with van der Waals surface area (Å²) in [6, 6.07) is 3.53. The SMILES string of the molecule is COc1cc2c(cc1/C=C/C(N)=O)OCCCO2. The van der Waals surface area contributed by atoms with Crippen molar-refractivity contribution in [3.8, 4) is 17.2 Å². The van der Waals surface area contributed by atoms with Crippen LogP contribution >= 0.6 is 0 Å². The monoisotopic (exact) mass is 249 g/mol. The van der Waals surface area contributed by atoms with E-state index in [2.05, 4.69) is 0 Å². The maximum atomic E-state index is 10.8. The fourth-order valence-corrected chi connectivity index (χ4v) is 1.68. The van der Waals surface area contributed by atoms with E-state index in [4.69, 9.17) is 19.9 Å². The molecule has 1 aliphatic rings. The molecule has 1 aromatic carbocycles. The number of carbonyl (C=O) groups excluding carboxylic acids is 1. The number of benzene rings is 1. The van der Waals surface area contributed by atoms with E-state index in [-0.39, 0.29) is 0 Å². The molecule has 0 saturated heterocycles. The molecule has 0 aromatic heterocycles. The van der Waals surface area contributed by atoms with Gasteiger partial charge in [0.2, 0.25) is 5.91 Å². The first-order valence-corrected chi connectivity index (χ1v) is 5.66. The second kappa shape index (κ2) is 5.44. The second-order valence-corrected chi connectivity index (χ2v) is 3.83. The Balaban J connectivity index is 2.39. The molecule has 0 bridgehead atoms. The quantitative estimate of drug-likeness (QED) is 0.821. The number of primary amides is 1. The summed E-state index contributed by atoms with van der Waals surface area (Å²) in [5.41, 5.74) is 5.79. The van der Waals surface area contributed by atoms with Crippen molar-refractivity contribution in [2.45, 2.75) is 6.42 Å². The highest BCUT2D eigenvalue weighted by molar-refractivity contribution is 5.90. The minimum absolute atomic E-state index is 0.510. The van der Waals surface area contributed by atoms with E-state index in [0.29, 0.717) is 30.5 Å². The highest BCUT2D eigenvalue weighted by Gasteiger charge is 2.14. The number of methoxy groups -OCH3 is 1. The van der Waals surface area contributed by atoms with Gasteiger partial charge in [0.25, 0.3) is 0 Å². The molecule has 2 N–H and O–H groups in total. The lowest BCUT2D eigenvalue weighted by molar-refractivity contribution is -0.113. The van der Waals surface area contributed by atoms with Crippen LogP contribution in [0.15, 0.2) is 18.2 Å². The largest absolute Gasteiger partial charge is 0.496 e. The van der Waals surface area contributed by atoms with E-state index >= 15 is 0 Å². The number of hydrogen-bond acceptors (Lipinski definition) is 4. The van der Waals surface area contributed by atoms with Gasteiger partial charge in [-0.05, 0) is 12.1 Å². The van der Waals surface area contributed by atoms with Crippen molar-refractivity contribution >= 4 is 12.0 Å². The zero-order valence-electron chi connectivity index (χ0n) is 10.1. The van der Waals surface area contributed by atoms with Gasteiger partial charge in [-0.15, -0.1) is 0 Å². The van der Waals surface area contributed by atoms with Gasteiger partial charge in [-0.25, -0.2) is 0 Å². The fourth-order valence-electron chi connectivity index (χ4n) is 1.68. The van der Waals surface area contributed by atoms with Crippen LogP contribution in [0.1, 0.15) is 12.0 Å². The molecule has 18 heavy (non-hydrogen) atoms. The fraction of sp³-hybridized carbons (Fsp3) is 0.308. The summed E-state index contributed by atoms with van der Waals surface area (Å²) in [5, 5.41) is 0. The van der Waals surface area contributed by atoms with Gasteiger partial charge in [0.1, 0.15) is 5.75 Å². The molecule has 0 fully saturated rings. The molecule has 5 heteroatoms. The molecule has 0 unspecified atom stereocenters. The Kier molecular flexibility index (Phi) is 3.72. The Bertz CT molecular complexity index is 482. The third-order valence-corrected chi connectivity index (χ3v) is 2.53. The first-order valence-electron chi connectivity index (χ1n) is 5.66. The Labute approximate surface area is 105 Å². The van der Waals surface area contributed by atoms with Crippen molar-refractivity contribution in [2.24, 2.45) is 5.73 Å². The van der Waals surface area contributed by atoms with Crippen LogP contribution in [-0.2, 0) is 4.79 Å². The molecule has 1 aromatic rings. The van der Waals surface area contributed by atoms with Gasteiger partial charge < -0.3 is 19.9 Å². The molecule has 0 aliphatic carbocycles. The van der Waals surface area contributed by atoms with Crippen LogP contribution in [0, 0.1) is 0 Å². The van der Waals surface area contributed by atoms with E-state index in [1.165, 1.54) is 6.08 Å². The molecule has 2 rings (SSSR count). The summed E-state index contributed by atoms with van der Waals surface area (Å²) in [7, 11) is 1.56. The first kappa shape index (κ1) is 12.3. The van der Waals surface area contributed by atoms with E-state index in [0.717, 1.165) is 12.0 Å². The summed E-state index contributed by atoms with van der Waals surface area (Å²) in [6.07, 6.45) is 3.71. The van der Waals surface area contributed by atoms with Crippen LogP contribution in [0.3, 0.4) is 0 Å². The van der Waals surface area contributed by atoms with Crippen LogP contribution in [0.5, 0.6) is 17.2 Å². The van der Waals surface area contributed by atoms with E-state index in [1.54, 1.807) is 25.3 Å². The van der Waals surface area contributed by atoms with Crippen molar-refractivity contribution < 1.29 is 19.0 Å². The number of carbonyl (C=O) groups is 1. The van der Waals surface area contributed by atoms with Crippen molar-refractivity contribution in [3.63, 3.8) is 0 Å². The number of ether oxygens (including phenoxy) is 3. The summed E-state index contributed by atoms with van der Waals surface area (Å²) in [4.78, 5) is 10.8. The van der Waals surface area contributed by atoms with Gasteiger partial charge in [-0.3, -0.25) is 4.79 Å². The molecule has 96 valence electrons. The second-order valence-electron chi connectivity index (χ2n) is 3.83. The molecule has 0 saturated carbocycles. The predicted molar refractivity (Wildman–Crippen MR) is 66.8 cm³/mol. The Morgan fingerprint density at radius 3 is 2.61 bits per heavy atom. The molecule has 0 radical (unpaired) electrons. The smallest absolute Gasteiger partial charge is 0.241 e. The van der Waals surface area contributed by atoms with Gasteiger partial charge in [-0.1, -0.05) is 0 Å². The normalized spacial score (nSPS) is 14.3. The lowest BCUT2D eigenvalue weighted by Gasteiger charge is -2.11. The van der Waals surface area contributed by atoms with Gasteiger partial charge >= 0.3 is 0 Å².